The normalized spacial score (nSPS) is 17.4. The molecule has 25 heavy (non-hydrogen) atoms. The summed E-state index contributed by atoms with van der Waals surface area (Å²) in [7, 11) is 0. The second-order valence-corrected chi connectivity index (χ2v) is 6.37. The first kappa shape index (κ1) is 17.3. The molecule has 1 aliphatic rings. The van der Waals surface area contributed by atoms with Gasteiger partial charge < -0.3 is 9.64 Å². The second kappa shape index (κ2) is 7.59. The van der Waals surface area contributed by atoms with E-state index in [1.54, 1.807) is 4.90 Å². The molecule has 0 N–H and O–H groups in total. The predicted octanol–water partition coefficient (Wildman–Crippen LogP) is 3.60. The molecule has 1 fully saturated rings. The summed E-state index contributed by atoms with van der Waals surface area (Å²) in [6.45, 7) is 3.52. The molecule has 0 saturated carbocycles. The fourth-order valence-electron chi connectivity index (χ4n) is 2.96. The van der Waals surface area contributed by atoms with Gasteiger partial charge >= 0.3 is 0 Å². The monoisotopic (exact) mass is 346 g/mol. The van der Waals surface area contributed by atoms with Gasteiger partial charge in [0, 0.05) is 25.1 Å². The molecule has 1 atom stereocenters. The van der Waals surface area contributed by atoms with E-state index in [1.807, 2.05) is 31.2 Å². The summed E-state index contributed by atoms with van der Waals surface area (Å²) < 4.78 is 32.5. The molecule has 0 aliphatic carbocycles. The Bertz CT molecular complexity index is 750. The number of amides is 1. The first-order chi connectivity index (χ1) is 12.0. The third kappa shape index (κ3) is 4.32. The number of aromatic nitrogens is 1. The Balaban J connectivity index is 1.60. The van der Waals surface area contributed by atoms with Gasteiger partial charge in [-0.2, -0.15) is 0 Å². The average molecular weight is 346 g/mol. The number of rotatable bonds is 4. The van der Waals surface area contributed by atoms with Gasteiger partial charge in [-0.05, 0) is 31.9 Å². The van der Waals surface area contributed by atoms with Crippen LogP contribution in [0.2, 0.25) is 0 Å². The van der Waals surface area contributed by atoms with Gasteiger partial charge in [-0.25, -0.2) is 13.8 Å². The highest BCUT2D eigenvalue weighted by Gasteiger charge is 2.27. The molecule has 0 unspecified atom stereocenters. The summed E-state index contributed by atoms with van der Waals surface area (Å²) >= 11 is 0. The van der Waals surface area contributed by atoms with Crippen molar-refractivity contribution in [3.63, 3.8) is 0 Å². The number of ether oxygens (including phenoxy) is 1. The number of likely N-dealkylation sites (tertiary alicyclic amines) is 1. The van der Waals surface area contributed by atoms with E-state index in [4.69, 9.17) is 4.74 Å². The average Bonchev–Trinajstić information content (AvgIpc) is 2.61. The van der Waals surface area contributed by atoms with Crippen LogP contribution in [0.5, 0.6) is 5.75 Å². The van der Waals surface area contributed by atoms with Crippen molar-refractivity contribution in [3.8, 4) is 5.75 Å². The molecule has 1 aromatic carbocycles. The van der Waals surface area contributed by atoms with Gasteiger partial charge in [0.05, 0.1) is 12.8 Å². The highest BCUT2D eigenvalue weighted by molar-refractivity contribution is 5.92. The van der Waals surface area contributed by atoms with Crippen molar-refractivity contribution in [3.05, 3.63) is 59.4 Å². The summed E-state index contributed by atoms with van der Waals surface area (Å²) in [4.78, 5) is 17.6. The molecule has 3 rings (SSSR count). The molecular formula is C19H20F2N2O2. The van der Waals surface area contributed by atoms with Gasteiger partial charge in [0.15, 0.2) is 11.5 Å². The van der Waals surface area contributed by atoms with Crippen molar-refractivity contribution in [1.29, 1.82) is 0 Å². The predicted molar refractivity (Wildman–Crippen MR) is 89.5 cm³/mol. The SMILES string of the molecule is Cc1ccc(OC[C@H]2CCCN(C(=O)c3ncc(F)cc3F)C2)cc1. The van der Waals surface area contributed by atoms with Crippen LogP contribution in [-0.2, 0) is 0 Å². The Kier molecular flexibility index (Phi) is 5.26. The number of benzene rings is 1. The Labute approximate surface area is 145 Å². The first-order valence-corrected chi connectivity index (χ1v) is 8.32. The largest absolute Gasteiger partial charge is 0.493 e. The lowest BCUT2D eigenvalue weighted by Gasteiger charge is -2.32. The maximum atomic E-state index is 13.8. The molecule has 1 saturated heterocycles. The molecule has 0 spiro atoms. The van der Waals surface area contributed by atoms with Crippen molar-refractivity contribution in [2.24, 2.45) is 5.92 Å². The van der Waals surface area contributed by atoms with Crippen LogP contribution in [0, 0.1) is 24.5 Å². The van der Waals surface area contributed by atoms with Crippen LogP contribution >= 0.6 is 0 Å². The number of hydrogen-bond donors (Lipinski definition) is 0. The molecule has 1 aliphatic heterocycles. The number of carbonyl (C=O) groups excluding carboxylic acids is 1. The topological polar surface area (TPSA) is 42.4 Å². The molecular weight excluding hydrogens is 326 g/mol. The van der Waals surface area contributed by atoms with Crippen LogP contribution in [-0.4, -0.2) is 35.5 Å². The number of piperidine rings is 1. The Morgan fingerprint density at radius 2 is 2.08 bits per heavy atom. The number of halogens is 2. The smallest absolute Gasteiger partial charge is 0.275 e. The summed E-state index contributed by atoms with van der Waals surface area (Å²) in [5.74, 6) is -1.26. The van der Waals surface area contributed by atoms with E-state index in [9.17, 15) is 13.6 Å². The quantitative estimate of drug-likeness (QED) is 0.849. The minimum atomic E-state index is -0.928. The number of hydrogen-bond acceptors (Lipinski definition) is 3. The van der Waals surface area contributed by atoms with Crippen LogP contribution in [0.1, 0.15) is 28.9 Å². The van der Waals surface area contributed by atoms with E-state index in [-0.39, 0.29) is 11.6 Å². The van der Waals surface area contributed by atoms with Crippen LogP contribution in [0.3, 0.4) is 0 Å². The maximum absolute atomic E-state index is 13.8. The number of pyridine rings is 1. The fraction of sp³-hybridized carbons (Fsp3) is 0.368. The van der Waals surface area contributed by atoms with Crippen LogP contribution < -0.4 is 4.74 Å². The molecule has 6 heteroatoms. The van der Waals surface area contributed by atoms with Crippen LogP contribution in [0.15, 0.2) is 36.5 Å². The Morgan fingerprint density at radius 1 is 1.32 bits per heavy atom. The third-order valence-corrected chi connectivity index (χ3v) is 4.32. The molecule has 1 amide bonds. The van der Waals surface area contributed by atoms with Crippen molar-refractivity contribution in [1.82, 2.24) is 9.88 Å². The van der Waals surface area contributed by atoms with Crippen LogP contribution in [0.25, 0.3) is 0 Å². The zero-order valence-corrected chi connectivity index (χ0v) is 14.0. The van der Waals surface area contributed by atoms with E-state index in [0.29, 0.717) is 25.8 Å². The first-order valence-electron chi connectivity index (χ1n) is 8.32. The Morgan fingerprint density at radius 3 is 2.80 bits per heavy atom. The lowest BCUT2D eigenvalue weighted by Crippen LogP contribution is -2.42. The molecule has 0 bridgehead atoms. The second-order valence-electron chi connectivity index (χ2n) is 6.37. The zero-order chi connectivity index (χ0) is 17.8. The van der Waals surface area contributed by atoms with Gasteiger partial charge in [-0.15, -0.1) is 0 Å². The van der Waals surface area contributed by atoms with E-state index >= 15 is 0 Å². The van der Waals surface area contributed by atoms with Gasteiger partial charge in [-0.1, -0.05) is 17.7 Å². The van der Waals surface area contributed by atoms with Crippen molar-refractivity contribution in [2.75, 3.05) is 19.7 Å². The van der Waals surface area contributed by atoms with Crippen molar-refractivity contribution >= 4 is 5.91 Å². The highest BCUT2D eigenvalue weighted by atomic mass is 19.1. The minimum Gasteiger partial charge on any atom is -0.493 e. The van der Waals surface area contributed by atoms with E-state index in [1.165, 1.54) is 0 Å². The number of nitrogens with zero attached hydrogens (tertiary/aromatic N) is 2. The molecule has 0 radical (unpaired) electrons. The van der Waals surface area contributed by atoms with E-state index in [2.05, 4.69) is 4.98 Å². The molecule has 2 aromatic rings. The standard InChI is InChI=1S/C19H20F2N2O2/c1-13-4-6-16(7-5-13)25-12-14-3-2-8-23(11-14)19(24)18-17(21)9-15(20)10-22-18/h4-7,9-10,14H,2-3,8,11-12H2,1H3/t14-/m0/s1. The summed E-state index contributed by atoms with van der Waals surface area (Å²) in [5, 5.41) is 0. The zero-order valence-electron chi connectivity index (χ0n) is 14.0. The van der Waals surface area contributed by atoms with Gasteiger partial charge in [0.25, 0.3) is 5.91 Å². The summed E-state index contributed by atoms with van der Waals surface area (Å²) in [6, 6.07) is 8.48. The maximum Gasteiger partial charge on any atom is 0.275 e. The highest BCUT2D eigenvalue weighted by Crippen LogP contribution is 2.21. The lowest BCUT2D eigenvalue weighted by molar-refractivity contribution is 0.0622. The van der Waals surface area contributed by atoms with Crippen molar-refractivity contribution < 1.29 is 18.3 Å². The van der Waals surface area contributed by atoms with E-state index < -0.39 is 17.5 Å². The van der Waals surface area contributed by atoms with Crippen LogP contribution in [0.4, 0.5) is 8.78 Å². The molecule has 132 valence electrons. The fourth-order valence-corrected chi connectivity index (χ4v) is 2.96. The van der Waals surface area contributed by atoms with Crippen molar-refractivity contribution in [2.45, 2.75) is 19.8 Å². The van der Waals surface area contributed by atoms with Gasteiger partial charge in [-0.3, -0.25) is 4.79 Å². The molecule has 2 heterocycles. The summed E-state index contributed by atoms with van der Waals surface area (Å²) in [5.41, 5.74) is 0.831. The minimum absolute atomic E-state index is 0.169. The molecule has 4 nitrogen and oxygen atoms in total. The lowest BCUT2D eigenvalue weighted by atomic mass is 9.98. The van der Waals surface area contributed by atoms with Gasteiger partial charge in [0.1, 0.15) is 11.6 Å². The summed E-state index contributed by atoms with van der Waals surface area (Å²) in [6.07, 6.45) is 2.61. The number of aryl methyl sites for hydroxylation is 1. The number of carbonyl (C=O) groups is 1. The van der Waals surface area contributed by atoms with E-state index in [0.717, 1.165) is 30.4 Å². The Hall–Kier alpha value is -2.50. The molecule has 1 aromatic heterocycles. The van der Waals surface area contributed by atoms with Gasteiger partial charge in [0.2, 0.25) is 0 Å². The third-order valence-electron chi connectivity index (χ3n) is 4.32.